The predicted octanol–water partition coefficient (Wildman–Crippen LogP) is 3.26. The molecule has 4 rings (SSSR count). The number of hydrogen-bond acceptors (Lipinski definition) is 7. The largest absolute Gasteiger partial charge is 0.535 e. The average Bonchev–Trinajstić information content (AvgIpc) is 3.04. The van der Waals surface area contributed by atoms with E-state index in [-0.39, 0.29) is 29.3 Å². The quantitative estimate of drug-likeness (QED) is 0.579. The molecule has 0 aromatic heterocycles. The molecule has 2 heterocycles. The van der Waals surface area contributed by atoms with Crippen LogP contribution >= 0.6 is 0 Å². The molecule has 0 saturated heterocycles. The molecule has 2 aliphatic rings. The summed E-state index contributed by atoms with van der Waals surface area (Å²) in [5, 5.41) is 10.4. The zero-order valence-electron chi connectivity index (χ0n) is 16.5. The number of hydrogen-bond donors (Lipinski definition) is 1. The molecule has 154 valence electrons. The normalized spacial score (nSPS) is 19.4. The predicted molar refractivity (Wildman–Crippen MR) is 107 cm³/mol. The number of rotatable bonds is 6. The molecule has 0 amide bonds. The summed E-state index contributed by atoms with van der Waals surface area (Å²) in [6.45, 7) is 1.93. The highest BCUT2D eigenvalue weighted by Crippen LogP contribution is 2.38. The second-order valence-electron chi connectivity index (χ2n) is 7.49. The Labute approximate surface area is 174 Å². The molecule has 2 atom stereocenters. The number of ketones is 1. The summed E-state index contributed by atoms with van der Waals surface area (Å²) in [7, 11) is -1.20. The molecule has 0 spiro atoms. The Morgan fingerprint density at radius 2 is 2.00 bits per heavy atom. The fraction of sp³-hybridized carbons (Fsp3) is 0.318. The Morgan fingerprint density at radius 1 is 1.20 bits per heavy atom. The number of fused-ring (bicyclic) bond motifs is 2. The van der Waals surface area contributed by atoms with Crippen LogP contribution in [-0.2, 0) is 20.7 Å². The number of esters is 2. The zero-order valence-corrected chi connectivity index (χ0v) is 16.5. The summed E-state index contributed by atoms with van der Waals surface area (Å²) < 4.78 is 16.2. The van der Waals surface area contributed by atoms with Crippen molar-refractivity contribution in [3.05, 3.63) is 64.7 Å². The summed E-state index contributed by atoms with van der Waals surface area (Å²) >= 11 is 0. The molecule has 0 bridgehead atoms. The van der Waals surface area contributed by atoms with Gasteiger partial charge >= 0.3 is 19.1 Å². The Hall–Kier alpha value is -3.13. The molecular weight excluding hydrogens is 387 g/mol. The Kier molecular flexibility index (Phi) is 5.59. The van der Waals surface area contributed by atoms with Gasteiger partial charge in [0.05, 0.1) is 5.56 Å². The van der Waals surface area contributed by atoms with E-state index in [1.807, 2.05) is 6.92 Å². The van der Waals surface area contributed by atoms with Gasteiger partial charge in [-0.05, 0) is 30.5 Å². The third kappa shape index (κ3) is 3.83. The molecule has 8 heteroatoms. The van der Waals surface area contributed by atoms with Crippen LogP contribution in [0.1, 0.15) is 64.3 Å². The first-order valence-corrected chi connectivity index (χ1v) is 9.97. The van der Waals surface area contributed by atoms with Crippen LogP contribution in [0, 0.1) is 0 Å². The maximum Gasteiger partial charge on any atom is 0.526 e. The van der Waals surface area contributed by atoms with Gasteiger partial charge in [0.2, 0.25) is 0 Å². The lowest BCUT2D eigenvalue weighted by atomic mass is 9.64. The Balaban J connectivity index is 1.53. The van der Waals surface area contributed by atoms with Crippen LogP contribution in [0.25, 0.3) is 0 Å². The first kappa shape index (κ1) is 20.2. The highest BCUT2D eigenvalue weighted by atomic mass is 16.7. The summed E-state index contributed by atoms with van der Waals surface area (Å²) in [5.74, 6) is -1.35. The SMILES string of the molecule is CCCC(=O)C[C@H]1Cc2cccc(C(=O)OC3OC(=O)c4ccccc43)c2OB1O. The van der Waals surface area contributed by atoms with Crippen molar-refractivity contribution >= 4 is 24.8 Å². The van der Waals surface area contributed by atoms with Gasteiger partial charge in [-0.25, -0.2) is 9.59 Å². The smallest absolute Gasteiger partial charge is 0.526 e. The highest BCUT2D eigenvalue weighted by Gasteiger charge is 2.39. The van der Waals surface area contributed by atoms with E-state index < -0.39 is 25.3 Å². The molecule has 0 radical (unpaired) electrons. The number of carbonyl (C=O) groups excluding carboxylic acids is 3. The number of para-hydroxylation sites is 1. The minimum Gasteiger partial charge on any atom is -0.535 e. The van der Waals surface area contributed by atoms with E-state index in [1.165, 1.54) is 6.07 Å². The summed E-state index contributed by atoms with van der Waals surface area (Å²) in [6.07, 6.45) is 0.713. The van der Waals surface area contributed by atoms with E-state index in [0.717, 1.165) is 6.42 Å². The molecule has 2 aromatic carbocycles. The fourth-order valence-electron chi connectivity index (χ4n) is 3.85. The summed E-state index contributed by atoms with van der Waals surface area (Å²) in [4.78, 5) is 36.7. The van der Waals surface area contributed by atoms with Crippen LogP contribution in [-0.4, -0.2) is 29.9 Å². The van der Waals surface area contributed by atoms with E-state index in [9.17, 15) is 19.4 Å². The minimum absolute atomic E-state index is 0.0749. The first-order valence-electron chi connectivity index (χ1n) is 9.97. The summed E-state index contributed by atoms with van der Waals surface area (Å²) in [5.41, 5.74) is 1.69. The molecule has 1 N–H and O–H groups in total. The van der Waals surface area contributed by atoms with Crippen LogP contribution in [0.5, 0.6) is 5.75 Å². The van der Waals surface area contributed by atoms with Gasteiger partial charge in [0.25, 0.3) is 6.29 Å². The third-order valence-electron chi connectivity index (χ3n) is 5.32. The van der Waals surface area contributed by atoms with Crippen molar-refractivity contribution in [2.24, 2.45) is 0 Å². The van der Waals surface area contributed by atoms with E-state index in [0.29, 0.717) is 29.5 Å². The number of carbonyl (C=O) groups is 3. The van der Waals surface area contributed by atoms with Gasteiger partial charge in [0.1, 0.15) is 17.1 Å². The van der Waals surface area contributed by atoms with Crippen molar-refractivity contribution in [1.82, 2.24) is 0 Å². The second-order valence-corrected chi connectivity index (χ2v) is 7.49. The van der Waals surface area contributed by atoms with Crippen LogP contribution in [0.2, 0.25) is 5.82 Å². The van der Waals surface area contributed by atoms with Gasteiger partial charge in [0.15, 0.2) is 0 Å². The standard InChI is InChI=1S/C22H21BO7/c1-2-6-15(24)12-14-11-13-7-5-10-18(19(13)30-23(14)27)21(26)29-22-17-9-4-3-8-16(17)20(25)28-22/h3-5,7-10,14,22,27H,2,6,11-12H2,1H3/t14-,22?/m1/s1. The van der Waals surface area contributed by atoms with Gasteiger partial charge in [-0.3, -0.25) is 4.79 Å². The highest BCUT2D eigenvalue weighted by molar-refractivity contribution is 6.47. The molecule has 0 saturated carbocycles. The van der Waals surface area contributed by atoms with Crippen LogP contribution in [0.15, 0.2) is 42.5 Å². The van der Waals surface area contributed by atoms with Crippen molar-refractivity contribution in [3.63, 3.8) is 0 Å². The van der Waals surface area contributed by atoms with Crippen molar-refractivity contribution in [1.29, 1.82) is 0 Å². The molecule has 0 fully saturated rings. The van der Waals surface area contributed by atoms with Crippen molar-refractivity contribution in [3.8, 4) is 5.75 Å². The third-order valence-corrected chi connectivity index (χ3v) is 5.32. The molecule has 0 aliphatic carbocycles. The lowest BCUT2D eigenvalue weighted by molar-refractivity contribution is -0.119. The second kappa shape index (κ2) is 8.32. The fourth-order valence-corrected chi connectivity index (χ4v) is 3.85. The molecule has 2 aromatic rings. The first-order chi connectivity index (χ1) is 14.5. The Bertz CT molecular complexity index is 1000. The average molecular weight is 408 g/mol. The van der Waals surface area contributed by atoms with E-state index in [2.05, 4.69) is 0 Å². The van der Waals surface area contributed by atoms with Crippen LogP contribution < -0.4 is 4.65 Å². The molecular formula is C22H21BO7. The monoisotopic (exact) mass is 408 g/mol. The maximum atomic E-state index is 12.8. The lowest BCUT2D eigenvalue weighted by Crippen LogP contribution is -2.36. The number of Topliss-reactive ketones (excluding diaryl/α,β-unsaturated/α-hetero) is 1. The zero-order chi connectivity index (χ0) is 21.3. The molecule has 30 heavy (non-hydrogen) atoms. The van der Waals surface area contributed by atoms with E-state index in [4.69, 9.17) is 14.1 Å². The molecule has 7 nitrogen and oxygen atoms in total. The van der Waals surface area contributed by atoms with Crippen LogP contribution in [0.3, 0.4) is 0 Å². The maximum absolute atomic E-state index is 12.8. The number of benzene rings is 2. The van der Waals surface area contributed by atoms with Gasteiger partial charge in [-0.15, -0.1) is 0 Å². The topological polar surface area (TPSA) is 99.1 Å². The van der Waals surface area contributed by atoms with Crippen molar-refractivity contribution < 1.29 is 33.5 Å². The minimum atomic E-state index is -1.20. The van der Waals surface area contributed by atoms with Gasteiger partial charge in [-0.2, -0.15) is 0 Å². The van der Waals surface area contributed by atoms with Gasteiger partial charge < -0.3 is 19.2 Å². The molecule has 1 unspecified atom stereocenters. The number of cyclic esters (lactones) is 1. The number of ether oxygens (including phenoxy) is 2. The Morgan fingerprint density at radius 3 is 2.80 bits per heavy atom. The van der Waals surface area contributed by atoms with E-state index >= 15 is 0 Å². The van der Waals surface area contributed by atoms with E-state index in [1.54, 1.807) is 36.4 Å². The van der Waals surface area contributed by atoms with Gasteiger partial charge in [-0.1, -0.05) is 37.3 Å². The van der Waals surface area contributed by atoms with Gasteiger partial charge in [0, 0.05) is 24.2 Å². The lowest BCUT2D eigenvalue weighted by Gasteiger charge is -2.28. The van der Waals surface area contributed by atoms with Crippen molar-refractivity contribution in [2.75, 3.05) is 0 Å². The van der Waals surface area contributed by atoms with Crippen LogP contribution in [0.4, 0.5) is 0 Å². The molecule has 2 aliphatic heterocycles. The van der Waals surface area contributed by atoms with Crippen molar-refractivity contribution in [2.45, 2.75) is 44.7 Å². The summed E-state index contributed by atoms with van der Waals surface area (Å²) in [6, 6.07) is 11.7.